The number of rotatable bonds is 6. The fourth-order valence-corrected chi connectivity index (χ4v) is 4.20. The fraction of sp³-hybridized carbons (Fsp3) is 0.417. The van der Waals surface area contributed by atoms with Crippen LogP contribution in [0.1, 0.15) is 23.6 Å². The van der Waals surface area contributed by atoms with Crippen molar-refractivity contribution in [2.24, 2.45) is 0 Å². The molecule has 2 aliphatic rings. The average Bonchev–Trinajstić information content (AvgIpc) is 3.34. The molecule has 2 atom stereocenters. The molecule has 2 heterocycles. The van der Waals surface area contributed by atoms with Gasteiger partial charge in [0.15, 0.2) is 0 Å². The van der Waals surface area contributed by atoms with Crippen LogP contribution in [-0.2, 0) is 16.0 Å². The van der Waals surface area contributed by atoms with E-state index in [1.54, 1.807) is 14.2 Å². The summed E-state index contributed by atoms with van der Waals surface area (Å²) in [6.45, 7) is 2.22. The van der Waals surface area contributed by atoms with Gasteiger partial charge in [-0.2, -0.15) is 0 Å². The van der Waals surface area contributed by atoms with Crippen LogP contribution < -0.4 is 20.3 Å². The fourth-order valence-electron chi connectivity index (χ4n) is 4.20. The van der Waals surface area contributed by atoms with Gasteiger partial charge in [0, 0.05) is 32.2 Å². The minimum absolute atomic E-state index is 0.0715. The Morgan fingerprint density at radius 3 is 2.00 bits per heavy atom. The number of amides is 2. The van der Waals surface area contributed by atoms with E-state index in [4.69, 9.17) is 9.47 Å². The Morgan fingerprint density at radius 1 is 0.844 bits per heavy atom. The summed E-state index contributed by atoms with van der Waals surface area (Å²) in [6, 6.07) is 15.2. The van der Waals surface area contributed by atoms with Crippen LogP contribution in [0.5, 0.6) is 11.5 Å². The lowest BCUT2D eigenvalue weighted by molar-refractivity contribution is -0.140. The number of hydrogen-bond acceptors (Lipinski definition) is 6. The molecule has 0 spiro atoms. The Morgan fingerprint density at radius 2 is 1.41 bits per heavy atom. The molecule has 4 rings (SSSR count). The van der Waals surface area contributed by atoms with Gasteiger partial charge in [-0.25, -0.2) is 10.9 Å². The monoisotopic (exact) mass is 438 g/mol. The molecule has 2 aromatic rings. The highest BCUT2D eigenvalue weighted by molar-refractivity contribution is 5.83. The standard InChI is InChI=1S/C24H30N4O4/c1-31-19-7-3-17(4-8-19)15-23(29)27-11-13-28(14-12-27)24(30)22-16-21(25-26-22)18-5-9-20(32-2)10-6-18/h3-10,21-22,25-26H,11-16H2,1-2H3. The average molecular weight is 439 g/mol. The summed E-state index contributed by atoms with van der Waals surface area (Å²) in [6.07, 6.45) is 1.04. The van der Waals surface area contributed by atoms with E-state index in [9.17, 15) is 9.59 Å². The largest absolute Gasteiger partial charge is 0.497 e. The Bertz CT molecular complexity index is 924. The molecule has 2 aliphatic heterocycles. The number of carbonyl (C=O) groups excluding carboxylic acids is 2. The quantitative estimate of drug-likeness (QED) is 0.712. The lowest BCUT2D eigenvalue weighted by Gasteiger charge is -2.36. The number of nitrogens with zero attached hydrogens (tertiary/aromatic N) is 2. The Hall–Kier alpha value is -3.10. The van der Waals surface area contributed by atoms with Crippen LogP contribution in [0.4, 0.5) is 0 Å². The SMILES string of the molecule is COc1ccc(CC(=O)N2CCN(C(=O)C3CC(c4ccc(OC)cc4)NN3)CC2)cc1. The molecule has 2 N–H and O–H groups in total. The van der Waals surface area contributed by atoms with Gasteiger partial charge >= 0.3 is 0 Å². The maximum Gasteiger partial charge on any atom is 0.241 e. The van der Waals surface area contributed by atoms with Gasteiger partial charge in [0.05, 0.1) is 20.6 Å². The van der Waals surface area contributed by atoms with Crippen LogP contribution in [-0.4, -0.2) is 68.1 Å². The predicted octanol–water partition coefficient (Wildman–Crippen LogP) is 1.52. The van der Waals surface area contributed by atoms with Crippen molar-refractivity contribution in [3.05, 3.63) is 59.7 Å². The van der Waals surface area contributed by atoms with E-state index in [2.05, 4.69) is 10.9 Å². The van der Waals surface area contributed by atoms with Crippen molar-refractivity contribution >= 4 is 11.8 Å². The van der Waals surface area contributed by atoms with Gasteiger partial charge in [-0.1, -0.05) is 24.3 Å². The first-order valence-corrected chi connectivity index (χ1v) is 10.9. The van der Waals surface area contributed by atoms with Gasteiger partial charge < -0.3 is 19.3 Å². The summed E-state index contributed by atoms with van der Waals surface area (Å²) in [5, 5.41) is 0. The van der Waals surface area contributed by atoms with E-state index in [-0.39, 0.29) is 23.9 Å². The van der Waals surface area contributed by atoms with Gasteiger partial charge in [0.25, 0.3) is 0 Å². The lowest BCUT2D eigenvalue weighted by Crippen LogP contribution is -2.54. The summed E-state index contributed by atoms with van der Waals surface area (Å²) >= 11 is 0. The maximum absolute atomic E-state index is 13.0. The topological polar surface area (TPSA) is 83.1 Å². The number of nitrogens with one attached hydrogen (secondary N) is 2. The molecule has 0 aromatic heterocycles. The molecular weight excluding hydrogens is 408 g/mol. The van der Waals surface area contributed by atoms with Gasteiger partial charge in [0.2, 0.25) is 11.8 Å². The molecule has 2 unspecified atom stereocenters. The number of benzene rings is 2. The van der Waals surface area contributed by atoms with Crippen molar-refractivity contribution in [3.63, 3.8) is 0 Å². The van der Waals surface area contributed by atoms with Crippen LogP contribution >= 0.6 is 0 Å². The minimum atomic E-state index is -0.274. The maximum atomic E-state index is 13.0. The number of hydrazine groups is 1. The van der Waals surface area contributed by atoms with Crippen molar-refractivity contribution in [2.45, 2.75) is 24.9 Å². The van der Waals surface area contributed by atoms with Crippen LogP contribution in [0, 0.1) is 0 Å². The van der Waals surface area contributed by atoms with Crippen LogP contribution in [0.2, 0.25) is 0 Å². The third kappa shape index (κ3) is 5.03. The molecule has 2 amide bonds. The highest BCUT2D eigenvalue weighted by Crippen LogP contribution is 2.25. The van der Waals surface area contributed by atoms with Gasteiger partial charge in [-0.3, -0.25) is 9.59 Å². The van der Waals surface area contributed by atoms with Gasteiger partial charge in [-0.05, 0) is 41.8 Å². The molecule has 0 saturated carbocycles. The molecule has 0 aliphatic carbocycles. The molecule has 170 valence electrons. The molecule has 0 bridgehead atoms. The molecule has 2 saturated heterocycles. The molecular formula is C24H30N4O4. The van der Waals surface area contributed by atoms with Crippen LogP contribution in [0.25, 0.3) is 0 Å². The van der Waals surface area contributed by atoms with Crippen molar-refractivity contribution in [1.29, 1.82) is 0 Å². The first kappa shape index (κ1) is 22.1. The summed E-state index contributed by atoms with van der Waals surface area (Å²) in [4.78, 5) is 29.3. The Balaban J connectivity index is 1.25. The van der Waals surface area contributed by atoms with Crippen LogP contribution in [0.15, 0.2) is 48.5 Å². The zero-order chi connectivity index (χ0) is 22.5. The van der Waals surface area contributed by atoms with E-state index in [0.717, 1.165) is 22.6 Å². The summed E-state index contributed by atoms with van der Waals surface area (Å²) in [5.74, 6) is 1.75. The van der Waals surface area contributed by atoms with Crippen molar-refractivity contribution in [1.82, 2.24) is 20.7 Å². The zero-order valence-electron chi connectivity index (χ0n) is 18.5. The third-order valence-corrected chi connectivity index (χ3v) is 6.18. The Kier molecular flexibility index (Phi) is 6.92. The molecule has 2 fully saturated rings. The second-order valence-electron chi connectivity index (χ2n) is 8.13. The van der Waals surface area contributed by atoms with E-state index < -0.39 is 0 Å². The van der Waals surface area contributed by atoms with E-state index in [1.165, 1.54) is 0 Å². The lowest BCUT2D eigenvalue weighted by atomic mass is 10.0. The van der Waals surface area contributed by atoms with Crippen LogP contribution in [0.3, 0.4) is 0 Å². The second kappa shape index (κ2) is 10.0. The summed E-state index contributed by atoms with van der Waals surface area (Å²) in [5.41, 5.74) is 8.45. The molecule has 32 heavy (non-hydrogen) atoms. The Labute approximate surface area is 188 Å². The summed E-state index contributed by atoms with van der Waals surface area (Å²) < 4.78 is 10.4. The zero-order valence-corrected chi connectivity index (χ0v) is 18.5. The van der Waals surface area contributed by atoms with Gasteiger partial charge in [-0.15, -0.1) is 0 Å². The second-order valence-corrected chi connectivity index (χ2v) is 8.13. The third-order valence-electron chi connectivity index (χ3n) is 6.18. The smallest absolute Gasteiger partial charge is 0.241 e. The summed E-state index contributed by atoms with van der Waals surface area (Å²) in [7, 11) is 3.27. The number of hydrogen-bond donors (Lipinski definition) is 2. The number of carbonyl (C=O) groups is 2. The number of ether oxygens (including phenoxy) is 2. The first-order chi connectivity index (χ1) is 15.6. The van der Waals surface area contributed by atoms with E-state index in [0.29, 0.717) is 39.0 Å². The molecule has 2 aromatic carbocycles. The number of piperazine rings is 1. The molecule has 8 nitrogen and oxygen atoms in total. The first-order valence-electron chi connectivity index (χ1n) is 10.9. The van der Waals surface area contributed by atoms with Crippen molar-refractivity contribution in [2.75, 3.05) is 40.4 Å². The highest BCUT2D eigenvalue weighted by Gasteiger charge is 2.34. The predicted molar refractivity (Wildman–Crippen MR) is 120 cm³/mol. The normalized spacial score (nSPS) is 20.8. The minimum Gasteiger partial charge on any atom is -0.497 e. The van der Waals surface area contributed by atoms with E-state index in [1.807, 2.05) is 58.3 Å². The van der Waals surface area contributed by atoms with Gasteiger partial charge in [0.1, 0.15) is 17.5 Å². The van der Waals surface area contributed by atoms with Crippen molar-refractivity contribution in [3.8, 4) is 11.5 Å². The number of methoxy groups -OCH3 is 2. The molecule has 0 radical (unpaired) electrons. The van der Waals surface area contributed by atoms with E-state index >= 15 is 0 Å². The highest BCUT2D eigenvalue weighted by atomic mass is 16.5. The van der Waals surface area contributed by atoms with Crippen molar-refractivity contribution < 1.29 is 19.1 Å². The molecule has 8 heteroatoms.